The minimum absolute atomic E-state index is 0.0185. The molecule has 0 aliphatic rings. The summed E-state index contributed by atoms with van der Waals surface area (Å²) in [5, 5.41) is 0. The van der Waals surface area contributed by atoms with Crippen molar-refractivity contribution in [3.05, 3.63) is 77.3 Å². The van der Waals surface area contributed by atoms with Gasteiger partial charge < -0.3 is 4.57 Å². The van der Waals surface area contributed by atoms with Crippen molar-refractivity contribution in [1.29, 1.82) is 0 Å². The topological polar surface area (TPSA) is 22.0 Å². The van der Waals surface area contributed by atoms with Crippen LogP contribution in [0.5, 0.6) is 0 Å². The fourth-order valence-electron chi connectivity index (χ4n) is 1.34. The molecule has 0 bridgehead atoms. The summed E-state index contributed by atoms with van der Waals surface area (Å²) in [6.45, 7) is 9.45. The van der Waals surface area contributed by atoms with E-state index in [9.17, 15) is 4.79 Å². The quantitative estimate of drug-likeness (QED) is 0.724. The van der Waals surface area contributed by atoms with Crippen LogP contribution in [0.15, 0.2) is 66.2 Å². The second-order valence-electron chi connectivity index (χ2n) is 3.81. The minimum atomic E-state index is -0.0185. The number of aryl methyl sites for hydroxylation is 1. The third-order valence-corrected chi connectivity index (χ3v) is 2.49. The van der Waals surface area contributed by atoms with Gasteiger partial charge >= 0.3 is 0 Å². The zero-order valence-electron chi connectivity index (χ0n) is 10.3. The van der Waals surface area contributed by atoms with E-state index in [0.29, 0.717) is 0 Å². The normalized spacial score (nSPS) is 12.4. The Morgan fingerprint density at radius 3 is 2.47 bits per heavy atom. The molecule has 0 atom stereocenters. The maximum Gasteiger partial charge on any atom is 0.250 e. The molecule has 1 aromatic heterocycles. The summed E-state index contributed by atoms with van der Waals surface area (Å²) in [5.41, 5.74) is 3.00. The first kappa shape index (κ1) is 13.0. The van der Waals surface area contributed by atoms with E-state index in [2.05, 4.69) is 13.2 Å². The van der Waals surface area contributed by atoms with Crippen molar-refractivity contribution < 1.29 is 0 Å². The highest BCUT2D eigenvalue weighted by molar-refractivity contribution is 5.74. The first-order chi connectivity index (χ1) is 8.08. The van der Waals surface area contributed by atoms with Crippen LogP contribution < -0.4 is 5.56 Å². The van der Waals surface area contributed by atoms with Crippen molar-refractivity contribution >= 4 is 5.57 Å². The lowest BCUT2D eigenvalue weighted by Crippen LogP contribution is -2.14. The van der Waals surface area contributed by atoms with Crippen LogP contribution in [0.3, 0.4) is 0 Å². The van der Waals surface area contributed by atoms with Gasteiger partial charge in [-0.3, -0.25) is 4.79 Å². The number of nitrogens with zero attached hydrogens (tertiary/aromatic N) is 1. The molecule has 17 heavy (non-hydrogen) atoms. The second kappa shape index (κ2) is 5.85. The first-order valence-electron chi connectivity index (χ1n) is 5.39. The van der Waals surface area contributed by atoms with Crippen molar-refractivity contribution in [1.82, 2.24) is 4.57 Å². The monoisotopic (exact) mass is 227 g/mol. The third-order valence-electron chi connectivity index (χ3n) is 2.49. The molecule has 1 rings (SSSR count). The molecule has 0 radical (unpaired) electrons. The summed E-state index contributed by atoms with van der Waals surface area (Å²) < 4.78 is 1.55. The Bertz CT molecular complexity index is 544. The third kappa shape index (κ3) is 3.45. The largest absolute Gasteiger partial charge is 0.318 e. The number of aromatic nitrogens is 1. The van der Waals surface area contributed by atoms with E-state index in [1.54, 1.807) is 42.1 Å². The van der Waals surface area contributed by atoms with E-state index in [1.165, 1.54) is 0 Å². The maximum absolute atomic E-state index is 11.3. The molecule has 88 valence electrons. The first-order valence-corrected chi connectivity index (χ1v) is 5.39. The lowest BCUT2D eigenvalue weighted by molar-refractivity contribution is 0.857. The maximum atomic E-state index is 11.3. The molecule has 0 aliphatic heterocycles. The highest BCUT2D eigenvalue weighted by Crippen LogP contribution is 2.14. The zero-order chi connectivity index (χ0) is 12.8. The van der Waals surface area contributed by atoms with Gasteiger partial charge in [0.15, 0.2) is 0 Å². The summed E-state index contributed by atoms with van der Waals surface area (Å²) >= 11 is 0. The average Bonchev–Trinajstić information content (AvgIpc) is 2.33. The van der Waals surface area contributed by atoms with Gasteiger partial charge in [0.1, 0.15) is 0 Å². The molecule has 0 saturated carbocycles. The number of allylic oxidation sites excluding steroid dienone is 6. The van der Waals surface area contributed by atoms with Gasteiger partial charge in [-0.25, -0.2) is 0 Å². The molecule has 0 aliphatic carbocycles. The van der Waals surface area contributed by atoms with Crippen LogP contribution >= 0.6 is 0 Å². The molecular weight excluding hydrogens is 210 g/mol. The highest BCUT2D eigenvalue weighted by Gasteiger charge is 1.98. The van der Waals surface area contributed by atoms with Crippen molar-refractivity contribution in [2.75, 3.05) is 0 Å². The molecule has 0 saturated heterocycles. The van der Waals surface area contributed by atoms with E-state index >= 15 is 0 Å². The summed E-state index contributed by atoms with van der Waals surface area (Å²) in [6, 6.07) is 3.35. The lowest BCUT2D eigenvalue weighted by Gasteiger charge is -2.03. The Hall–Kier alpha value is -2.09. The summed E-state index contributed by atoms with van der Waals surface area (Å²) in [4.78, 5) is 11.3. The van der Waals surface area contributed by atoms with Gasteiger partial charge in [-0.2, -0.15) is 0 Å². The average molecular weight is 227 g/mol. The van der Waals surface area contributed by atoms with Gasteiger partial charge in [0.25, 0.3) is 0 Å². The Morgan fingerprint density at radius 1 is 1.24 bits per heavy atom. The van der Waals surface area contributed by atoms with Crippen LogP contribution in [0.1, 0.15) is 12.5 Å². The fourth-order valence-corrected chi connectivity index (χ4v) is 1.34. The molecular formula is C15H17NO. The second-order valence-corrected chi connectivity index (χ2v) is 3.81. The van der Waals surface area contributed by atoms with Crippen molar-refractivity contribution in [3.63, 3.8) is 0 Å². The SMILES string of the molecule is C=C/C(C)=C\C=C(/C=C)c1ccc(=O)n(C)c1. The zero-order valence-corrected chi connectivity index (χ0v) is 10.3. The number of rotatable bonds is 4. The van der Waals surface area contributed by atoms with Gasteiger partial charge in [0, 0.05) is 19.3 Å². The molecule has 0 N–H and O–H groups in total. The molecule has 2 nitrogen and oxygen atoms in total. The van der Waals surface area contributed by atoms with Gasteiger partial charge in [0.05, 0.1) is 0 Å². The molecule has 0 unspecified atom stereocenters. The smallest absolute Gasteiger partial charge is 0.250 e. The van der Waals surface area contributed by atoms with E-state index in [1.807, 2.05) is 19.1 Å². The van der Waals surface area contributed by atoms with E-state index in [-0.39, 0.29) is 5.56 Å². The van der Waals surface area contributed by atoms with E-state index in [4.69, 9.17) is 0 Å². The van der Waals surface area contributed by atoms with Crippen molar-refractivity contribution in [3.8, 4) is 0 Å². The Labute approximate surface area is 102 Å². The molecule has 2 heteroatoms. The Morgan fingerprint density at radius 2 is 1.94 bits per heavy atom. The Balaban J connectivity index is 3.18. The predicted octanol–water partition coefficient (Wildman–Crippen LogP) is 3.09. The van der Waals surface area contributed by atoms with Crippen LogP contribution in [-0.2, 0) is 7.05 Å². The number of hydrogen-bond acceptors (Lipinski definition) is 1. The highest BCUT2D eigenvalue weighted by atomic mass is 16.1. The van der Waals surface area contributed by atoms with Crippen LogP contribution in [-0.4, -0.2) is 4.57 Å². The Kier molecular flexibility index (Phi) is 4.46. The lowest BCUT2D eigenvalue weighted by atomic mass is 10.1. The number of hydrogen-bond donors (Lipinski definition) is 0. The minimum Gasteiger partial charge on any atom is -0.318 e. The van der Waals surface area contributed by atoms with E-state index < -0.39 is 0 Å². The van der Waals surface area contributed by atoms with Crippen LogP contribution in [0.4, 0.5) is 0 Å². The van der Waals surface area contributed by atoms with Gasteiger partial charge in [0.2, 0.25) is 5.56 Å². The van der Waals surface area contributed by atoms with Gasteiger partial charge in [-0.15, -0.1) is 0 Å². The molecule has 0 spiro atoms. The van der Waals surface area contributed by atoms with Crippen molar-refractivity contribution in [2.24, 2.45) is 7.05 Å². The standard InChI is InChI=1S/C15H17NO/c1-5-12(3)7-8-13(6-2)14-9-10-15(17)16(4)11-14/h5-11H,1-2H2,3-4H3/b12-7-,13-8+. The van der Waals surface area contributed by atoms with Crippen LogP contribution in [0, 0.1) is 0 Å². The predicted molar refractivity (Wildman–Crippen MR) is 73.8 cm³/mol. The molecule has 0 amide bonds. The molecule has 0 aromatic carbocycles. The van der Waals surface area contributed by atoms with Crippen LogP contribution in [0.25, 0.3) is 5.57 Å². The van der Waals surface area contributed by atoms with Gasteiger partial charge in [-0.05, 0) is 24.1 Å². The van der Waals surface area contributed by atoms with Gasteiger partial charge in [-0.1, -0.05) is 43.0 Å². The molecule has 1 heterocycles. The fraction of sp³-hybridized carbons (Fsp3) is 0.133. The molecule has 0 fully saturated rings. The molecule has 1 aromatic rings. The summed E-state index contributed by atoms with van der Waals surface area (Å²) in [6.07, 6.45) is 9.29. The summed E-state index contributed by atoms with van der Waals surface area (Å²) in [5.74, 6) is 0. The summed E-state index contributed by atoms with van der Waals surface area (Å²) in [7, 11) is 1.73. The number of pyridine rings is 1. The van der Waals surface area contributed by atoms with Crippen LogP contribution in [0.2, 0.25) is 0 Å². The van der Waals surface area contributed by atoms with Crippen molar-refractivity contribution in [2.45, 2.75) is 6.92 Å². The van der Waals surface area contributed by atoms with E-state index in [0.717, 1.165) is 16.7 Å².